The zero-order valence-corrected chi connectivity index (χ0v) is 17.5. The van der Waals surface area contributed by atoms with Gasteiger partial charge in [-0.15, -0.1) is 0 Å². The lowest BCUT2D eigenvalue weighted by Gasteiger charge is -2.32. The highest BCUT2D eigenvalue weighted by Crippen LogP contribution is 2.36. The third-order valence-electron chi connectivity index (χ3n) is 4.68. The predicted octanol–water partition coefficient (Wildman–Crippen LogP) is 3.71. The Bertz CT molecular complexity index is 654. The number of carbonyl (C=O) groups excluding carboxylic acids is 1. The van der Waals surface area contributed by atoms with E-state index in [9.17, 15) is 4.79 Å². The molecule has 1 aromatic rings. The van der Waals surface area contributed by atoms with Gasteiger partial charge in [0, 0.05) is 11.6 Å². The second-order valence-corrected chi connectivity index (χ2v) is 9.05. The average molecular weight is 382 g/mol. The van der Waals surface area contributed by atoms with Crippen molar-refractivity contribution in [1.82, 2.24) is 5.32 Å². The molecule has 1 N–H and O–H groups in total. The Labute approximate surface area is 161 Å². The van der Waals surface area contributed by atoms with E-state index in [-0.39, 0.29) is 0 Å². The molecule has 0 radical (unpaired) electrons. The van der Waals surface area contributed by atoms with E-state index in [0.717, 1.165) is 11.0 Å². The molecular weight excluding hydrogens is 352 g/mol. The summed E-state index contributed by atoms with van der Waals surface area (Å²) < 4.78 is 17.6. The fourth-order valence-electron chi connectivity index (χ4n) is 2.60. The molecule has 7 heteroatoms. The van der Waals surface area contributed by atoms with Gasteiger partial charge in [-0.3, -0.25) is 0 Å². The number of carbonyl (C=O) groups is 1. The molecule has 0 aromatic heterocycles. The molecule has 0 bridgehead atoms. The average Bonchev–Trinajstić information content (AvgIpc) is 2.67. The second kappa shape index (κ2) is 7.41. The molecule has 0 saturated carbocycles. The lowest BCUT2D eigenvalue weighted by atomic mass is 9.75. The molecule has 5 nitrogen and oxygen atoms in total. The molecule has 1 saturated heterocycles. The van der Waals surface area contributed by atoms with Crippen molar-refractivity contribution in [2.24, 2.45) is 0 Å². The molecule has 1 heterocycles. The largest absolute Gasteiger partial charge is 0.495 e. The molecule has 1 amide bonds. The van der Waals surface area contributed by atoms with Gasteiger partial charge in [-0.25, -0.2) is 4.79 Å². The zero-order chi connectivity index (χ0) is 19.8. The summed E-state index contributed by atoms with van der Waals surface area (Å²) in [6.45, 7) is 14.0. The molecule has 0 unspecified atom stereocenters. The molecule has 2 rings (SSSR count). The number of hydrogen-bond acceptors (Lipinski definition) is 4. The van der Waals surface area contributed by atoms with Crippen LogP contribution in [-0.4, -0.2) is 36.6 Å². The topological polar surface area (TPSA) is 56.8 Å². The summed E-state index contributed by atoms with van der Waals surface area (Å²) in [4.78, 5) is 11.8. The number of halogens is 1. The van der Waals surface area contributed by atoms with Crippen molar-refractivity contribution in [3.8, 4) is 0 Å². The van der Waals surface area contributed by atoms with Crippen LogP contribution in [0.15, 0.2) is 18.2 Å². The Kier molecular flexibility index (Phi) is 6.01. The van der Waals surface area contributed by atoms with Gasteiger partial charge in [0.15, 0.2) is 0 Å². The first-order valence-electron chi connectivity index (χ1n) is 8.91. The number of benzene rings is 1. The molecule has 1 fully saturated rings. The van der Waals surface area contributed by atoms with Gasteiger partial charge in [0.2, 0.25) is 0 Å². The van der Waals surface area contributed by atoms with Gasteiger partial charge in [0.1, 0.15) is 5.60 Å². The van der Waals surface area contributed by atoms with E-state index in [1.165, 1.54) is 0 Å². The van der Waals surface area contributed by atoms with Crippen molar-refractivity contribution in [3.63, 3.8) is 0 Å². The van der Waals surface area contributed by atoms with E-state index in [1.54, 1.807) is 0 Å². The maximum Gasteiger partial charge on any atom is 0.495 e. The van der Waals surface area contributed by atoms with Crippen LogP contribution < -0.4 is 10.8 Å². The Morgan fingerprint density at radius 2 is 1.77 bits per heavy atom. The molecular formula is C19H29BClNO4. The minimum atomic E-state index is -0.516. The molecule has 0 aliphatic carbocycles. The minimum absolute atomic E-state index is 0.425. The number of ether oxygens (including phenoxy) is 1. The highest BCUT2D eigenvalue weighted by atomic mass is 35.5. The van der Waals surface area contributed by atoms with Crippen molar-refractivity contribution in [2.75, 3.05) is 6.54 Å². The van der Waals surface area contributed by atoms with Gasteiger partial charge in [-0.2, -0.15) is 0 Å². The van der Waals surface area contributed by atoms with Crippen molar-refractivity contribution in [2.45, 2.75) is 71.7 Å². The van der Waals surface area contributed by atoms with Crippen LogP contribution >= 0.6 is 11.6 Å². The number of hydrogen-bond donors (Lipinski definition) is 1. The summed E-state index contributed by atoms with van der Waals surface area (Å²) in [5.74, 6) is 0. The summed E-state index contributed by atoms with van der Waals surface area (Å²) in [7, 11) is -0.491. The Morgan fingerprint density at radius 1 is 1.19 bits per heavy atom. The van der Waals surface area contributed by atoms with Crippen LogP contribution in [0.2, 0.25) is 5.02 Å². The van der Waals surface area contributed by atoms with Crippen molar-refractivity contribution in [3.05, 3.63) is 28.8 Å². The third-order valence-corrected chi connectivity index (χ3v) is 4.91. The number of amides is 1. The first kappa shape index (κ1) is 21.1. The molecule has 1 aliphatic rings. The van der Waals surface area contributed by atoms with Gasteiger partial charge >= 0.3 is 13.2 Å². The molecule has 0 atom stereocenters. The number of nitrogens with one attached hydrogen (secondary N) is 1. The lowest BCUT2D eigenvalue weighted by Crippen LogP contribution is -2.41. The standard InChI is InChI=1S/C19H29BClNO4/c1-17(2,3)24-16(23)22-11-10-13-8-9-14(21)12-15(13)20-25-18(4,5)19(6,7)26-20/h8-9,12H,10-11H2,1-7H3,(H,22,23). The maximum absolute atomic E-state index is 11.8. The first-order chi connectivity index (χ1) is 11.8. The predicted molar refractivity (Wildman–Crippen MR) is 105 cm³/mol. The van der Waals surface area contributed by atoms with E-state index in [0.29, 0.717) is 18.0 Å². The summed E-state index contributed by atoms with van der Waals surface area (Å²) in [5, 5.41) is 3.40. The first-order valence-corrected chi connectivity index (χ1v) is 9.29. The summed E-state index contributed by atoms with van der Waals surface area (Å²) in [6, 6.07) is 5.64. The highest BCUT2D eigenvalue weighted by molar-refractivity contribution is 6.63. The minimum Gasteiger partial charge on any atom is -0.444 e. The molecule has 1 aliphatic heterocycles. The Morgan fingerprint density at radius 3 is 2.31 bits per heavy atom. The zero-order valence-electron chi connectivity index (χ0n) is 16.7. The summed E-state index contributed by atoms with van der Waals surface area (Å²) in [5.41, 5.74) is 0.544. The fraction of sp³-hybridized carbons (Fsp3) is 0.632. The van der Waals surface area contributed by atoms with Crippen LogP contribution in [0.5, 0.6) is 0 Å². The van der Waals surface area contributed by atoms with Crippen LogP contribution in [0.25, 0.3) is 0 Å². The highest BCUT2D eigenvalue weighted by Gasteiger charge is 2.52. The summed E-state index contributed by atoms with van der Waals surface area (Å²) >= 11 is 6.19. The van der Waals surface area contributed by atoms with E-state index in [1.807, 2.05) is 66.7 Å². The monoisotopic (exact) mass is 381 g/mol. The van der Waals surface area contributed by atoms with Gasteiger partial charge < -0.3 is 19.4 Å². The smallest absolute Gasteiger partial charge is 0.444 e. The van der Waals surface area contributed by atoms with Crippen LogP contribution in [0.1, 0.15) is 54.0 Å². The van der Waals surface area contributed by atoms with Gasteiger partial charge in [-0.1, -0.05) is 17.7 Å². The van der Waals surface area contributed by atoms with Gasteiger partial charge in [0.05, 0.1) is 11.2 Å². The Balaban J connectivity index is 2.08. The third kappa shape index (κ3) is 5.15. The van der Waals surface area contributed by atoms with E-state index >= 15 is 0 Å². The Hall–Kier alpha value is -1.24. The normalized spacial score (nSPS) is 18.7. The maximum atomic E-state index is 11.8. The fourth-order valence-corrected chi connectivity index (χ4v) is 2.78. The summed E-state index contributed by atoms with van der Waals surface area (Å²) in [6.07, 6.45) is 0.194. The van der Waals surface area contributed by atoms with Crippen molar-refractivity contribution < 1.29 is 18.8 Å². The van der Waals surface area contributed by atoms with E-state index < -0.39 is 30.0 Å². The van der Waals surface area contributed by atoms with Crippen LogP contribution in [0.4, 0.5) is 4.79 Å². The molecule has 26 heavy (non-hydrogen) atoms. The number of rotatable bonds is 4. The quantitative estimate of drug-likeness (QED) is 0.808. The molecule has 1 aromatic carbocycles. The van der Waals surface area contributed by atoms with Crippen molar-refractivity contribution >= 4 is 30.3 Å². The van der Waals surface area contributed by atoms with E-state index in [4.69, 9.17) is 25.6 Å². The van der Waals surface area contributed by atoms with Crippen LogP contribution in [0, 0.1) is 0 Å². The van der Waals surface area contributed by atoms with Crippen LogP contribution in [0.3, 0.4) is 0 Å². The molecule has 144 valence electrons. The van der Waals surface area contributed by atoms with Gasteiger partial charge in [-0.05, 0) is 78.0 Å². The van der Waals surface area contributed by atoms with Crippen molar-refractivity contribution in [1.29, 1.82) is 0 Å². The SMILES string of the molecule is CC(C)(C)OC(=O)NCCc1ccc(Cl)cc1B1OC(C)(C)C(C)(C)O1. The van der Waals surface area contributed by atoms with Crippen LogP contribution in [-0.2, 0) is 20.5 Å². The number of alkyl carbamates (subject to hydrolysis) is 1. The van der Waals surface area contributed by atoms with Gasteiger partial charge in [0.25, 0.3) is 0 Å². The lowest BCUT2D eigenvalue weighted by molar-refractivity contribution is 0.00578. The molecule has 0 spiro atoms. The van der Waals surface area contributed by atoms with E-state index in [2.05, 4.69) is 5.32 Å². The second-order valence-electron chi connectivity index (χ2n) is 8.61.